The van der Waals surface area contributed by atoms with Crippen LogP contribution in [0.25, 0.3) is 5.70 Å². The summed E-state index contributed by atoms with van der Waals surface area (Å²) < 4.78 is 7.38. The van der Waals surface area contributed by atoms with Gasteiger partial charge in [0.25, 0.3) is 5.56 Å². The lowest BCUT2D eigenvalue weighted by molar-refractivity contribution is 0.264. The Morgan fingerprint density at radius 1 is 1.11 bits per heavy atom. The van der Waals surface area contributed by atoms with E-state index in [1.165, 1.54) is 0 Å². The van der Waals surface area contributed by atoms with Gasteiger partial charge in [0.15, 0.2) is 0 Å². The first kappa shape index (κ1) is 10.8. The summed E-state index contributed by atoms with van der Waals surface area (Å²) in [6.45, 7) is 1.96. The third-order valence-electron chi connectivity index (χ3n) is 2.95. The number of benzene rings is 1. The van der Waals surface area contributed by atoms with Crippen LogP contribution in [0, 0.1) is 0 Å². The van der Waals surface area contributed by atoms with Crippen LogP contribution in [0.3, 0.4) is 0 Å². The Morgan fingerprint density at radius 2 is 1.89 bits per heavy atom. The Balaban J connectivity index is 2.23. The molecule has 3 heteroatoms. The number of para-hydroxylation sites is 1. The molecule has 1 aliphatic rings. The summed E-state index contributed by atoms with van der Waals surface area (Å²) in [4.78, 5) is 11.9. The van der Waals surface area contributed by atoms with Gasteiger partial charge in [-0.15, -0.1) is 0 Å². The molecule has 0 saturated carbocycles. The van der Waals surface area contributed by atoms with Crippen LogP contribution in [-0.2, 0) is 0 Å². The molecule has 0 radical (unpaired) electrons. The van der Waals surface area contributed by atoms with Crippen LogP contribution in [-0.4, -0.2) is 10.7 Å². The molecule has 1 unspecified atom stereocenters. The van der Waals surface area contributed by atoms with E-state index < -0.39 is 0 Å². The van der Waals surface area contributed by atoms with Gasteiger partial charge in [-0.25, -0.2) is 0 Å². The number of pyridine rings is 1. The monoisotopic (exact) mass is 239 g/mol. The van der Waals surface area contributed by atoms with Crippen LogP contribution in [0.1, 0.15) is 12.5 Å². The quantitative estimate of drug-likeness (QED) is 0.765. The van der Waals surface area contributed by atoms with Gasteiger partial charge in [0.05, 0.1) is 5.70 Å². The molecule has 0 saturated heterocycles. The van der Waals surface area contributed by atoms with E-state index in [1.54, 1.807) is 22.9 Å². The van der Waals surface area contributed by atoms with Crippen LogP contribution in [0.4, 0.5) is 0 Å². The molecule has 1 aromatic heterocycles. The molecule has 3 rings (SSSR count). The fourth-order valence-corrected chi connectivity index (χ4v) is 2.16. The second-order valence-electron chi connectivity index (χ2n) is 4.28. The smallest absolute Gasteiger partial charge is 0.255 e. The molecule has 2 heterocycles. The van der Waals surface area contributed by atoms with E-state index in [2.05, 4.69) is 0 Å². The van der Waals surface area contributed by atoms with Crippen molar-refractivity contribution in [3.8, 4) is 5.75 Å². The molecule has 1 atom stereocenters. The molecule has 0 amide bonds. The van der Waals surface area contributed by atoms with Crippen molar-refractivity contribution in [2.24, 2.45) is 0 Å². The van der Waals surface area contributed by atoms with Gasteiger partial charge in [-0.2, -0.15) is 0 Å². The van der Waals surface area contributed by atoms with Crippen molar-refractivity contribution >= 4 is 5.70 Å². The molecule has 0 bridgehead atoms. The fraction of sp³-hybridized carbons (Fsp3) is 0.133. The van der Waals surface area contributed by atoms with Gasteiger partial charge in [0, 0.05) is 17.8 Å². The molecular formula is C15H13NO2. The van der Waals surface area contributed by atoms with E-state index in [9.17, 15) is 4.79 Å². The van der Waals surface area contributed by atoms with Crippen molar-refractivity contribution in [1.29, 1.82) is 0 Å². The molecule has 0 aliphatic carbocycles. The first-order valence-electron chi connectivity index (χ1n) is 5.91. The number of ether oxygens (including phenoxy) is 1. The van der Waals surface area contributed by atoms with Crippen molar-refractivity contribution in [2.75, 3.05) is 0 Å². The normalized spacial score (nSPS) is 17.6. The number of fused-ring (bicyclic) bond motifs is 1. The maximum Gasteiger partial charge on any atom is 0.255 e. The zero-order chi connectivity index (χ0) is 12.5. The maximum absolute atomic E-state index is 11.9. The topological polar surface area (TPSA) is 31.2 Å². The minimum Gasteiger partial charge on any atom is -0.486 e. The molecule has 3 nitrogen and oxygen atoms in total. The molecular weight excluding hydrogens is 226 g/mol. The largest absolute Gasteiger partial charge is 0.486 e. The van der Waals surface area contributed by atoms with E-state index in [4.69, 9.17) is 4.74 Å². The van der Waals surface area contributed by atoms with Crippen molar-refractivity contribution in [1.82, 2.24) is 4.57 Å². The van der Waals surface area contributed by atoms with Gasteiger partial charge in [0.2, 0.25) is 0 Å². The van der Waals surface area contributed by atoms with Gasteiger partial charge in [-0.05, 0) is 31.2 Å². The minimum atomic E-state index is -0.0398. The highest BCUT2D eigenvalue weighted by Gasteiger charge is 2.18. The Morgan fingerprint density at radius 3 is 2.72 bits per heavy atom. The summed E-state index contributed by atoms with van der Waals surface area (Å²) >= 11 is 0. The molecule has 90 valence electrons. The summed E-state index contributed by atoms with van der Waals surface area (Å²) in [5, 5.41) is 0. The fourth-order valence-electron chi connectivity index (χ4n) is 2.16. The summed E-state index contributed by atoms with van der Waals surface area (Å²) in [5.41, 5.74) is 1.80. The van der Waals surface area contributed by atoms with Gasteiger partial charge in [0.1, 0.15) is 11.9 Å². The first-order valence-corrected chi connectivity index (χ1v) is 5.91. The minimum absolute atomic E-state index is 0.0346. The van der Waals surface area contributed by atoms with E-state index in [1.807, 2.05) is 43.3 Å². The third kappa shape index (κ3) is 1.74. The summed E-state index contributed by atoms with van der Waals surface area (Å²) in [7, 11) is 0. The maximum atomic E-state index is 11.9. The number of rotatable bonds is 1. The molecule has 2 aromatic rings. The van der Waals surface area contributed by atoms with Crippen LogP contribution in [0.15, 0.2) is 59.5 Å². The Kier molecular flexibility index (Phi) is 2.52. The molecule has 18 heavy (non-hydrogen) atoms. The molecule has 0 fully saturated rings. The summed E-state index contributed by atoms with van der Waals surface area (Å²) in [6, 6.07) is 12.9. The van der Waals surface area contributed by atoms with E-state index in [0.717, 1.165) is 17.0 Å². The number of hydrogen-bond donors (Lipinski definition) is 0. The Bertz CT molecular complexity index is 670. The van der Waals surface area contributed by atoms with Gasteiger partial charge >= 0.3 is 0 Å². The Labute approximate surface area is 105 Å². The zero-order valence-electron chi connectivity index (χ0n) is 10.0. The highest BCUT2D eigenvalue weighted by molar-refractivity contribution is 5.72. The van der Waals surface area contributed by atoms with Crippen molar-refractivity contribution in [2.45, 2.75) is 13.0 Å². The number of aromatic nitrogens is 1. The lowest BCUT2D eigenvalue weighted by Gasteiger charge is -2.23. The molecule has 0 N–H and O–H groups in total. The highest BCUT2D eigenvalue weighted by Crippen LogP contribution is 2.31. The van der Waals surface area contributed by atoms with Crippen LogP contribution >= 0.6 is 0 Å². The SMILES string of the molecule is CC1C=C(n2ccccc2=O)c2ccccc2O1. The summed E-state index contributed by atoms with van der Waals surface area (Å²) in [6.07, 6.45) is 3.70. The van der Waals surface area contributed by atoms with E-state index in [-0.39, 0.29) is 11.7 Å². The molecule has 1 aromatic carbocycles. The zero-order valence-corrected chi connectivity index (χ0v) is 10.0. The van der Waals surface area contributed by atoms with Gasteiger partial charge in [-0.1, -0.05) is 18.2 Å². The molecule has 0 spiro atoms. The predicted octanol–water partition coefficient (Wildman–Crippen LogP) is 2.52. The lowest BCUT2D eigenvalue weighted by atomic mass is 10.1. The average Bonchev–Trinajstić information content (AvgIpc) is 2.38. The Hall–Kier alpha value is -2.29. The summed E-state index contributed by atoms with van der Waals surface area (Å²) in [5.74, 6) is 0.818. The highest BCUT2D eigenvalue weighted by atomic mass is 16.5. The average molecular weight is 239 g/mol. The van der Waals surface area contributed by atoms with Crippen LogP contribution in [0.5, 0.6) is 5.75 Å². The standard InChI is InChI=1S/C15H13NO2/c1-11-10-13(16-9-5-4-8-15(16)17)12-6-2-3-7-14(12)18-11/h2-11H,1H3. The molecule has 1 aliphatic heterocycles. The van der Waals surface area contributed by atoms with Crippen molar-refractivity contribution in [3.05, 3.63) is 70.7 Å². The first-order chi connectivity index (χ1) is 8.75. The number of nitrogens with zero attached hydrogens (tertiary/aromatic N) is 1. The van der Waals surface area contributed by atoms with Gasteiger partial charge in [-0.3, -0.25) is 9.36 Å². The van der Waals surface area contributed by atoms with Crippen molar-refractivity contribution in [3.63, 3.8) is 0 Å². The van der Waals surface area contributed by atoms with Crippen LogP contribution in [0.2, 0.25) is 0 Å². The second kappa shape index (κ2) is 4.18. The second-order valence-corrected chi connectivity index (χ2v) is 4.28. The van der Waals surface area contributed by atoms with E-state index >= 15 is 0 Å². The van der Waals surface area contributed by atoms with E-state index in [0.29, 0.717) is 0 Å². The number of hydrogen-bond acceptors (Lipinski definition) is 2. The van der Waals surface area contributed by atoms with Gasteiger partial charge < -0.3 is 4.74 Å². The van der Waals surface area contributed by atoms with Crippen LogP contribution < -0.4 is 10.3 Å². The lowest BCUT2D eigenvalue weighted by Crippen LogP contribution is -2.23. The third-order valence-corrected chi connectivity index (χ3v) is 2.95. The predicted molar refractivity (Wildman–Crippen MR) is 70.6 cm³/mol. The van der Waals surface area contributed by atoms with Crippen molar-refractivity contribution < 1.29 is 4.74 Å².